The Labute approximate surface area is 258 Å². The van der Waals surface area contributed by atoms with Gasteiger partial charge in [0, 0.05) is 12.0 Å². The van der Waals surface area contributed by atoms with E-state index in [1.807, 2.05) is 6.08 Å². The first kappa shape index (κ1) is 28.5. The summed E-state index contributed by atoms with van der Waals surface area (Å²) in [6.07, 6.45) is 2.35. The number of hydrogen-bond acceptors (Lipinski definition) is 7. The average molecular weight is 607 g/mol. The van der Waals surface area contributed by atoms with E-state index in [1.165, 1.54) is 11.0 Å². The van der Waals surface area contributed by atoms with Gasteiger partial charge in [-0.2, -0.15) is 0 Å². The molecule has 4 aliphatic rings. The number of carbonyl (C=O) groups excluding carboxylic acids is 4. The zero-order valence-electron chi connectivity index (χ0n) is 24.5. The molecule has 7 rings (SSSR count). The Balaban J connectivity index is 1.35. The van der Waals surface area contributed by atoms with Crippen LogP contribution in [0.25, 0.3) is 0 Å². The second-order valence-corrected chi connectivity index (χ2v) is 12.6. The summed E-state index contributed by atoms with van der Waals surface area (Å²) < 4.78 is 0. The molecule has 3 aromatic rings. The van der Waals surface area contributed by atoms with Crippen LogP contribution in [0.2, 0.25) is 0 Å². The summed E-state index contributed by atoms with van der Waals surface area (Å²) in [7, 11) is 0. The van der Waals surface area contributed by atoms with Gasteiger partial charge in [-0.25, -0.2) is 14.6 Å². The number of phenolic OH excluding ortho intramolecular Hbond substituents is 1. The highest BCUT2D eigenvalue weighted by atomic mass is 16.4. The molecule has 0 aromatic heterocycles. The standard InChI is InChI=1S/C35H30N2O8/c1-17-14-18(8-13-26(17)38)29-21-11-12-23-28(32(42)36(30(23)40)20-9-10-22(33(43)44)27(39)15-20)24(21)16-25-31(41)37(34(45)35(25,29)2)19-6-4-3-5-7-19/h3-11,13-15,23-25,28-29,38-39H,12,16H2,1-2H3,(H,43,44). The zero-order valence-corrected chi connectivity index (χ0v) is 24.5. The summed E-state index contributed by atoms with van der Waals surface area (Å²) >= 11 is 0. The van der Waals surface area contributed by atoms with E-state index >= 15 is 0 Å². The van der Waals surface area contributed by atoms with Gasteiger partial charge < -0.3 is 15.3 Å². The fraction of sp³-hybridized carbons (Fsp3) is 0.286. The predicted octanol–water partition coefficient (Wildman–Crippen LogP) is 4.54. The number of nitrogens with zero attached hydrogens (tertiary/aromatic N) is 2. The van der Waals surface area contributed by atoms with Gasteiger partial charge >= 0.3 is 5.97 Å². The maximum absolute atomic E-state index is 14.4. The summed E-state index contributed by atoms with van der Waals surface area (Å²) in [5, 5.41) is 30.0. The van der Waals surface area contributed by atoms with Gasteiger partial charge in [-0.1, -0.05) is 42.0 Å². The molecular formula is C35H30N2O8. The van der Waals surface area contributed by atoms with Crippen LogP contribution in [-0.2, 0) is 19.2 Å². The number of allylic oxidation sites excluding steroid dienone is 2. The monoisotopic (exact) mass is 606 g/mol. The molecule has 10 heteroatoms. The topological polar surface area (TPSA) is 153 Å². The van der Waals surface area contributed by atoms with E-state index in [-0.39, 0.29) is 41.7 Å². The third-order valence-electron chi connectivity index (χ3n) is 10.3. The van der Waals surface area contributed by atoms with Crippen molar-refractivity contribution in [2.75, 3.05) is 9.80 Å². The lowest BCUT2D eigenvalue weighted by molar-refractivity contribution is -0.131. The van der Waals surface area contributed by atoms with Gasteiger partial charge in [-0.15, -0.1) is 0 Å². The number of imide groups is 2. The third-order valence-corrected chi connectivity index (χ3v) is 10.3. The van der Waals surface area contributed by atoms with Crippen LogP contribution in [-0.4, -0.2) is 44.9 Å². The van der Waals surface area contributed by atoms with Crippen molar-refractivity contribution in [1.82, 2.24) is 0 Å². The molecule has 2 saturated heterocycles. The molecular weight excluding hydrogens is 576 g/mol. The molecule has 3 fully saturated rings. The van der Waals surface area contributed by atoms with Crippen LogP contribution in [0.1, 0.15) is 47.2 Å². The van der Waals surface area contributed by atoms with Crippen LogP contribution < -0.4 is 9.80 Å². The van der Waals surface area contributed by atoms with Crippen LogP contribution in [0, 0.1) is 36.0 Å². The molecule has 2 heterocycles. The number of rotatable bonds is 4. The first-order chi connectivity index (χ1) is 21.4. The number of aromatic hydroxyl groups is 2. The number of carbonyl (C=O) groups is 5. The molecule has 0 spiro atoms. The number of carboxylic acids is 1. The SMILES string of the molecule is Cc1cc(C2C3=CCC4C(=O)N(c5ccc(C(=O)O)c(O)c5)C(=O)C4C3CC3C(=O)N(c4ccccc4)C(=O)C32C)ccc1O. The number of amides is 4. The molecule has 6 unspecified atom stereocenters. The molecule has 228 valence electrons. The van der Waals surface area contributed by atoms with E-state index in [0.29, 0.717) is 11.3 Å². The highest BCUT2D eigenvalue weighted by Crippen LogP contribution is 2.63. The summed E-state index contributed by atoms with van der Waals surface area (Å²) in [6, 6.07) is 17.4. The smallest absolute Gasteiger partial charge is 0.339 e. The molecule has 3 N–H and O–H groups in total. The number of benzene rings is 3. The Hall–Kier alpha value is -5.25. The van der Waals surface area contributed by atoms with Gasteiger partial charge in [0.05, 0.1) is 34.5 Å². The largest absolute Gasteiger partial charge is 0.508 e. The van der Waals surface area contributed by atoms with E-state index in [1.54, 1.807) is 62.4 Å². The van der Waals surface area contributed by atoms with Crippen molar-refractivity contribution in [1.29, 1.82) is 0 Å². The minimum Gasteiger partial charge on any atom is -0.508 e. The normalized spacial score (nSPS) is 28.9. The van der Waals surface area contributed by atoms with Crippen LogP contribution in [0.4, 0.5) is 11.4 Å². The van der Waals surface area contributed by atoms with Crippen molar-refractivity contribution < 1.29 is 39.3 Å². The van der Waals surface area contributed by atoms with Gasteiger partial charge in [-0.3, -0.25) is 19.2 Å². The van der Waals surface area contributed by atoms with Crippen LogP contribution in [0.5, 0.6) is 11.5 Å². The first-order valence-electron chi connectivity index (χ1n) is 14.8. The quantitative estimate of drug-likeness (QED) is 0.289. The van der Waals surface area contributed by atoms with Gasteiger partial charge in [0.1, 0.15) is 17.1 Å². The first-order valence-corrected chi connectivity index (χ1v) is 14.8. The van der Waals surface area contributed by atoms with Gasteiger partial charge in [-0.05, 0) is 74.1 Å². The Bertz CT molecular complexity index is 1870. The minimum atomic E-state index is -1.35. The number of aromatic carboxylic acids is 1. The Morgan fingerprint density at radius 2 is 1.56 bits per heavy atom. The van der Waals surface area contributed by atoms with Gasteiger partial charge in [0.25, 0.3) is 0 Å². The summed E-state index contributed by atoms with van der Waals surface area (Å²) in [5.74, 6) is -6.97. The molecule has 3 aromatic carbocycles. The second kappa shape index (κ2) is 9.88. The Morgan fingerprint density at radius 3 is 2.22 bits per heavy atom. The highest BCUT2D eigenvalue weighted by molar-refractivity contribution is 6.25. The summed E-state index contributed by atoms with van der Waals surface area (Å²) in [4.78, 5) is 70.2. The van der Waals surface area contributed by atoms with Crippen LogP contribution in [0.15, 0.2) is 78.4 Å². The molecule has 2 aliphatic carbocycles. The summed E-state index contributed by atoms with van der Waals surface area (Å²) in [5.41, 5.74) is 1.11. The molecule has 45 heavy (non-hydrogen) atoms. The molecule has 1 saturated carbocycles. The van der Waals surface area contributed by atoms with Gasteiger partial charge in [0.2, 0.25) is 23.6 Å². The highest BCUT2D eigenvalue weighted by Gasteiger charge is 2.67. The minimum absolute atomic E-state index is 0.0668. The molecule has 4 amide bonds. The molecule has 2 aliphatic heterocycles. The molecule has 10 nitrogen and oxygen atoms in total. The number of aryl methyl sites for hydroxylation is 1. The number of para-hydroxylation sites is 1. The Morgan fingerprint density at radius 1 is 0.822 bits per heavy atom. The van der Waals surface area contributed by atoms with E-state index < -0.39 is 58.5 Å². The number of fused-ring (bicyclic) bond motifs is 4. The van der Waals surface area contributed by atoms with Crippen molar-refractivity contribution in [3.63, 3.8) is 0 Å². The van der Waals surface area contributed by atoms with E-state index in [2.05, 4.69) is 0 Å². The third kappa shape index (κ3) is 3.91. The lowest BCUT2D eigenvalue weighted by Gasteiger charge is -2.49. The molecule has 6 atom stereocenters. The predicted molar refractivity (Wildman–Crippen MR) is 161 cm³/mol. The fourth-order valence-corrected chi connectivity index (χ4v) is 8.17. The van der Waals surface area contributed by atoms with Gasteiger partial charge in [0.15, 0.2) is 0 Å². The van der Waals surface area contributed by atoms with Crippen molar-refractivity contribution >= 4 is 41.0 Å². The number of carboxylic acid groups (broad SMARTS) is 1. The lowest BCUT2D eigenvalue weighted by atomic mass is 9.51. The van der Waals surface area contributed by atoms with E-state index in [4.69, 9.17) is 0 Å². The van der Waals surface area contributed by atoms with Crippen molar-refractivity contribution in [3.8, 4) is 11.5 Å². The van der Waals surface area contributed by atoms with Crippen molar-refractivity contribution in [2.24, 2.45) is 29.1 Å². The second-order valence-electron chi connectivity index (χ2n) is 12.6. The average Bonchev–Trinajstić information content (AvgIpc) is 3.38. The Kier molecular flexibility index (Phi) is 6.26. The van der Waals surface area contributed by atoms with E-state index in [0.717, 1.165) is 28.2 Å². The molecule has 0 radical (unpaired) electrons. The van der Waals surface area contributed by atoms with E-state index in [9.17, 15) is 39.3 Å². The zero-order chi connectivity index (χ0) is 31.9. The fourth-order valence-electron chi connectivity index (χ4n) is 8.17. The number of anilines is 2. The van der Waals surface area contributed by atoms with Crippen LogP contribution >= 0.6 is 0 Å². The van der Waals surface area contributed by atoms with Crippen molar-refractivity contribution in [2.45, 2.75) is 32.6 Å². The number of phenols is 2. The maximum Gasteiger partial charge on any atom is 0.339 e. The summed E-state index contributed by atoms with van der Waals surface area (Å²) in [6.45, 7) is 3.56. The van der Waals surface area contributed by atoms with Crippen molar-refractivity contribution in [3.05, 3.63) is 95.1 Å². The molecule has 0 bridgehead atoms. The van der Waals surface area contributed by atoms with Crippen LogP contribution in [0.3, 0.4) is 0 Å². The maximum atomic E-state index is 14.4. The lowest BCUT2D eigenvalue weighted by Crippen LogP contribution is -2.48. The number of hydrogen-bond donors (Lipinski definition) is 3.